The predicted octanol–water partition coefficient (Wildman–Crippen LogP) is -9.12. The van der Waals surface area contributed by atoms with E-state index in [0.717, 1.165) is 0 Å². The van der Waals surface area contributed by atoms with Crippen LogP contribution in [0.5, 0.6) is 0 Å². The fourth-order valence-electron chi connectivity index (χ4n) is 0. The van der Waals surface area contributed by atoms with E-state index in [9.17, 15) is 0 Å². The fourth-order valence-corrected chi connectivity index (χ4v) is 0. The zero-order valence-corrected chi connectivity index (χ0v) is 15.7. The van der Waals surface area contributed by atoms with Crippen LogP contribution in [-0.4, -0.2) is 20.4 Å². The summed E-state index contributed by atoms with van der Waals surface area (Å²) in [6.07, 6.45) is 0. The minimum Gasteiger partial charge on any atom is -0.281 e. The molecule has 147 valence electrons. The van der Waals surface area contributed by atoms with Crippen molar-refractivity contribution in [3.8, 4) is 18.2 Å². The number of hydrogen-bond donors (Lipinski definition) is 0. The number of hydrogen-bond acceptors (Lipinski definition) is 14. The molecule has 26 heavy (non-hydrogen) atoms. The standard InChI is InChI=1S/3C2H3N.3CO.2ClHO4.Mn/c3*1-2-3;3*1-2;2*2-1(3,4)5;/h3*1H3;;;;2*(H,2,3,4,5);/q;;;;;;;;+2/p-2. The van der Waals surface area contributed by atoms with Crippen LogP contribution in [0.25, 0.3) is 0 Å². The minimum atomic E-state index is -4.94. The zero-order valence-electron chi connectivity index (χ0n) is 13.0. The molecule has 0 aromatic carbocycles. The normalized spacial score (nSPS) is 6.00. The van der Waals surface area contributed by atoms with Gasteiger partial charge in [-0.05, 0) is 0 Å². The van der Waals surface area contributed by atoms with E-state index in [2.05, 4.69) is 20.4 Å². The van der Waals surface area contributed by atoms with Gasteiger partial charge in [-0.1, -0.05) is 0 Å². The second-order valence-corrected chi connectivity index (χ2v) is 2.94. The summed E-state index contributed by atoms with van der Waals surface area (Å²) >= 11 is 0. The third kappa shape index (κ3) is 3320. The Bertz CT molecular complexity index is 277. The number of carbonyl (C=O) groups excluding carboxylic acids is 3. The van der Waals surface area contributed by atoms with Gasteiger partial charge in [-0.25, -0.2) is 37.3 Å². The Morgan fingerprint density at radius 3 is 0.538 bits per heavy atom. The van der Waals surface area contributed by atoms with Gasteiger partial charge >= 0.3 is 17.1 Å². The molecule has 0 heterocycles. The first kappa shape index (κ1) is 56.4. The number of nitriles is 3. The Labute approximate surface area is 164 Å². The van der Waals surface area contributed by atoms with Crippen LogP contribution in [0.3, 0.4) is 0 Å². The first-order valence-electron chi connectivity index (χ1n) is 4.02. The fraction of sp³-hybridized carbons (Fsp3) is 0.333. The smallest absolute Gasteiger partial charge is 0.281 e. The number of rotatable bonds is 0. The summed E-state index contributed by atoms with van der Waals surface area (Å²) in [7, 11) is -9.89. The summed E-state index contributed by atoms with van der Waals surface area (Å²) in [5.74, 6) is 0. The maximum atomic E-state index is 8.49. The van der Waals surface area contributed by atoms with Gasteiger partial charge in [0, 0.05) is 20.8 Å². The molecule has 0 spiro atoms. The van der Waals surface area contributed by atoms with Crippen LogP contribution in [0.2, 0.25) is 0 Å². The van der Waals surface area contributed by atoms with Crippen molar-refractivity contribution in [2.45, 2.75) is 20.8 Å². The molecule has 0 unspecified atom stereocenters. The van der Waals surface area contributed by atoms with Gasteiger partial charge in [0.2, 0.25) is 0 Å². The largest absolute Gasteiger partial charge is 2.00 e. The molecule has 0 fully saturated rings. The molecule has 0 saturated heterocycles. The monoisotopic (exact) mass is 460 g/mol. The van der Waals surface area contributed by atoms with Crippen molar-refractivity contribution in [3.63, 3.8) is 0 Å². The second-order valence-electron chi connectivity index (χ2n) is 1.43. The van der Waals surface area contributed by atoms with E-state index in [1.165, 1.54) is 20.8 Å². The van der Waals surface area contributed by atoms with E-state index in [-0.39, 0.29) is 17.1 Å². The molecular weight excluding hydrogens is 452 g/mol. The SMILES string of the molecule is CC#N.CC#N.CC#N.[C]=O.[C]=O.[C]=O.[Mn+2].[O-][Cl+3]([O-])([O-])[O-].[O-][Cl+3]([O-])([O-])[O-]. The van der Waals surface area contributed by atoms with E-state index in [4.69, 9.17) is 67.4 Å². The maximum absolute atomic E-state index is 8.49. The van der Waals surface area contributed by atoms with Crippen LogP contribution in [0, 0.1) is 54.5 Å². The van der Waals surface area contributed by atoms with Gasteiger partial charge < -0.3 is 0 Å². The molecule has 0 saturated carbocycles. The molecule has 0 aliphatic rings. The molecule has 0 N–H and O–H groups in total. The van der Waals surface area contributed by atoms with Gasteiger partial charge in [0.05, 0.1) is 18.2 Å². The average Bonchev–Trinajstić information content (AvgIpc) is 2.44. The van der Waals surface area contributed by atoms with Gasteiger partial charge in [0.25, 0.3) is 20.4 Å². The van der Waals surface area contributed by atoms with Gasteiger partial charge in [0.15, 0.2) is 0 Å². The molecule has 0 atom stereocenters. The van der Waals surface area contributed by atoms with Crippen LogP contribution >= 0.6 is 0 Å². The van der Waals surface area contributed by atoms with E-state index in [0.29, 0.717) is 0 Å². The van der Waals surface area contributed by atoms with Gasteiger partial charge in [0.1, 0.15) is 0 Å². The van der Waals surface area contributed by atoms with E-state index in [1.807, 2.05) is 0 Å². The Balaban J connectivity index is -0.0000000186. The van der Waals surface area contributed by atoms with Crippen LogP contribution in [0.1, 0.15) is 20.8 Å². The number of nitrogens with zero attached hydrogens (tertiary/aromatic N) is 3. The average molecular weight is 461 g/mol. The molecule has 17 heteroatoms. The van der Waals surface area contributed by atoms with E-state index < -0.39 is 20.5 Å². The van der Waals surface area contributed by atoms with Crippen LogP contribution in [0.15, 0.2) is 0 Å². The van der Waals surface area contributed by atoms with Crippen molar-refractivity contribution in [2.24, 2.45) is 0 Å². The molecule has 0 aliphatic heterocycles. The summed E-state index contributed by atoms with van der Waals surface area (Å²) in [6, 6.07) is 5.25. The van der Waals surface area contributed by atoms with Crippen molar-refractivity contribution in [2.75, 3.05) is 0 Å². The Morgan fingerprint density at radius 2 is 0.538 bits per heavy atom. The van der Waals surface area contributed by atoms with Crippen molar-refractivity contribution < 1.29 is 89.2 Å². The van der Waals surface area contributed by atoms with Gasteiger partial charge in [-0.15, -0.1) is 20.5 Å². The Morgan fingerprint density at radius 1 is 0.538 bits per heavy atom. The second kappa shape index (κ2) is 65.6. The molecule has 7 radical (unpaired) electrons. The molecule has 0 rings (SSSR count). The first-order valence-corrected chi connectivity index (χ1v) is 6.49. The molecule has 0 aromatic rings. The first-order chi connectivity index (χ1) is 11.2. The maximum Gasteiger partial charge on any atom is 2.00 e. The summed E-state index contributed by atoms with van der Waals surface area (Å²) in [5.41, 5.74) is 0. The van der Waals surface area contributed by atoms with Crippen molar-refractivity contribution in [1.29, 1.82) is 15.8 Å². The predicted molar refractivity (Wildman–Crippen MR) is 50.9 cm³/mol. The molecule has 14 nitrogen and oxygen atoms in total. The molecule has 0 aliphatic carbocycles. The Kier molecular flexibility index (Phi) is 142. The molecule has 0 bridgehead atoms. The minimum absolute atomic E-state index is 0. The zero-order chi connectivity index (χ0) is 23.1. The third-order valence-electron chi connectivity index (χ3n) is 0. The van der Waals surface area contributed by atoms with Crippen molar-refractivity contribution in [3.05, 3.63) is 0 Å². The topological polar surface area (TPSA) is 307 Å². The third-order valence-corrected chi connectivity index (χ3v) is 0. The molecule has 0 amide bonds. The summed E-state index contributed by atoms with van der Waals surface area (Å²) in [5, 5.41) is 22.0. The van der Waals surface area contributed by atoms with E-state index >= 15 is 0 Å². The van der Waals surface area contributed by atoms with E-state index in [1.54, 1.807) is 18.2 Å². The number of halogens is 2. The van der Waals surface area contributed by atoms with Gasteiger partial charge in [-0.3, -0.25) is 14.4 Å². The van der Waals surface area contributed by atoms with Crippen LogP contribution in [0.4, 0.5) is 0 Å². The summed E-state index contributed by atoms with van der Waals surface area (Å²) < 4.78 is 67.9. The summed E-state index contributed by atoms with van der Waals surface area (Å²) in [4.78, 5) is 22.5. The van der Waals surface area contributed by atoms with Crippen LogP contribution < -0.4 is 37.3 Å². The molecular formula is C9H9Cl2MnN3O11. The Hall–Kier alpha value is -1.74. The quantitative estimate of drug-likeness (QED) is 0.302. The summed E-state index contributed by atoms with van der Waals surface area (Å²) in [6.45, 7) is 17.8. The van der Waals surface area contributed by atoms with Crippen molar-refractivity contribution >= 4 is 20.4 Å². The van der Waals surface area contributed by atoms with Crippen molar-refractivity contribution in [1.82, 2.24) is 0 Å². The van der Waals surface area contributed by atoms with Crippen LogP contribution in [-0.2, 0) is 31.5 Å². The molecule has 0 aromatic heterocycles. The van der Waals surface area contributed by atoms with Gasteiger partial charge in [-0.2, -0.15) is 15.8 Å².